The van der Waals surface area contributed by atoms with Gasteiger partial charge < -0.3 is 14.5 Å². The molecule has 38 heavy (non-hydrogen) atoms. The number of fused-ring (bicyclic) bond motifs is 1. The summed E-state index contributed by atoms with van der Waals surface area (Å²) in [6.07, 6.45) is 1.52. The number of carbonyl (C=O) groups excluding carboxylic acids is 3. The Labute approximate surface area is 224 Å². The summed E-state index contributed by atoms with van der Waals surface area (Å²) in [4.78, 5) is 45.9. The topological polar surface area (TPSA) is 70.2 Å². The van der Waals surface area contributed by atoms with Gasteiger partial charge in [-0.1, -0.05) is 69.3 Å². The molecule has 0 saturated carbocycles. The Morgan fingerprint density at radius 1 is 0.895 bits per heavy atom. The zero-order valence-electron chi connectivity index (χ0n) is 22.5. The summed E-state index contributed by atoms with van der Waals surface area (Å²) in [6, 6.07) is 22.4. The molecular weight excluding hydrogens is 478 g/mol. The average molecular weight is 514 g/mol. The zero-order valence-corrected chi connectivity index (χ0v) is 22.5. The van der Waals surface area contributed by atoms with Crippen LogP contribution in [0.1, 0.15) is 42.3 Å². The Bertz CT molecular complexity index is 1290. The molecule has 1 heterocycles. The summed E-state index contributed by atoms with van der Waals surface area (Å²) in [6.45, 7) is 6.03. The minimum absolute atomic E-state index is 0.0701. The molecule has 3 amide bonds. The molecule has 0 fully saturated rings. The van der Waals surface area contributed by atoms with E-state index in [1.165, 1.54) is 4.90 Å². The van der Waals surface area contributed by atoms with Gasteiger partial charge >= 0.3 is 0 Å². The monoisotopic (exact) mass is 513 g/mol. The predicted molar refractivity (Wildman–Crippen MR) is 151 cm³/mol. The SMILES string of the molecule is CCc1cccc(CC)c1N(COC)C(=O)CN1C(=O)C(C)CN(C(=O)c2ccccc2)c2ccccc21. The van der Waals surface area contributed by atoms with Gasteiger partial charge in [-0.15, -0.1) is 0 Å². The molecule has 3 aromatic carbocycles. The van der Waals surface area contributed by atoms with Gasteiger partial charge in [0.1, 0.15) is 13.3 Å². The van der Waals surface area contributed by atoms with Crippen LogP contribution in [0.4, 0.5) is 17.1 Å². The van der Waals surface area contributed by atoms with Crippen molar-refractivity contribution in [2.75, 3.05) is 41.6 Å². The molecule has 0 radical (unpaired) electrons. The largest absolute Gasteiger partial charge is 0.364 e. The second-order valence-electron chi connectivity index (χ2n) is 9.47. The molecule has 1 aliphatic heterocycles. The first kappa shape index (κ1) is 27.1. The van der Waals surface area contributed by atoms with Crippen molar-refractivity contribution in [3.63, 3.8) is 0 Å². The average Bonchev–Trinajstić information content (AvgIpc) is 3.06. The molecule has 0 saturated heterocycles. The van der Waals surface area contributed by atoms with E-state index in [4.69, 9.17) is 4.74 Å². The Hall–Kier alpha value is -3.97. The molecular formula is C31H35N3O4. The number of aryl methyl sites for hydroxylation is 2. The molecule has 0 spiro atoms. The molecule has 0 bridgehead atoms. The number of methoxy groups -OCH3 is 1. The van der Waals surface area contributed by atoms with E-state index in [1.54, 1.807) is 42.0 Å². The van der Waals surface area contributed by atoms with E-state index < -0.39 is 5.92 Å². The lowest BCUT2D eigenvalue weighted by Crippen LogP contribution is -2.46. The second kappa shape index (κ2) is 12.0. The van der Waals surface area contributed by atoms with Crippen LogP contribution in [-0.2, 0) is 27.2 Å². The number of nitrogens with zero attached hydrogens (tertiary/aromatic N) is 3. The molecule has 4 rings (SSSR count). The van der Waals surface area contributed by atoms with Crippen molar-refractivity contribution in [2.24, 2.45) is 5.92 Å². The molecule has 7 nitrogen and oxygen atoms in total. The molecule has 7 heteroatoms. The van der Waals surface area contributed by atoms with Crippen LogP contribution in [0.5, 0.6) is 0 Å². The first-order valence-corrected chi connectivity index (χ1v) is 13.1. The quantitative estimate of drug-likeness (QED) is 0.394. The van der Waals surface area contributed by atoms with Crippen LogP contribution in [0.15, 0.2) is 72.8 Å². The minimum atomic E-state index is -0.507. The summed E-state index contributed by atoms with van der Waals surface area (Å²) in [5.74, 6) is -1.14. The van der Waals surface area contributed by atoms with Crippen molar-refractivity contribution in [3.8, 4) is 0 Å². The molecule has 1 aliphatic rings. The van der Waals surface area contributed by atoms with E-state index >= 15 is 0 Å². The number of hydrogen-bond donors (Lipinski definition) is 0. The van der Waals surface area contributed by atoms with Crippen LogP contribution in [0.25, 0.3) is 0 Å². The van der Waals surface area contributed by atoms with Crippen LogP contribution in [0.3, 0.4) is 0 Å². The molecule has 0 N–H and O–H groups in total. The van der Waals surface area contributed by atoms with Gasteiger partial charge in [-0.05, 0) is 48.2 Å². The second-order valence-corrected chi connectivity index (χ2v) is 9.47. The van der Waals surface area contributed by atoms with Gasteiger partial charge in [0.05, 0.1) is 23.0 Å². The Morgan fingerprint density at radius 3 is 2.11 bits per heavy atom. The van der Waals surface area contributed by atoms with Gasteiger partial charge in [-0.2, -0.15) is 0 Å². The molecule has 198 valence electrons. The Balaban J connectivity index is 1.74. The van der Waals surface area contributed by atoms with Crippen molar-refractivity contribution in [3.05, 3.63) is 89.5 Å². The highest BCUT2D eigenvalue weighted by Gasteiger charge is 2.36. The van der Waals surface area contributed by atoms with Crippen LogP contribution in [-0.4, -0.2) is 44.7 Å². The van der Waals surface area contributed by atoms with Gasteiger partial charge in [-0.25, -0.2) is 0 Å². The van der Waals surface area contributed by atoms with E-state index in [9.17, 15) is 14.4 Å². The standard InChI is InChI=1S/C31H35N3O4/c1-5-23-15-12-16-24(6-2)29(23)34(21-38-4)28(35)20-33-27-18-11-10-17-26(27)32(19-22(3)30(33)36)31(37)25-13-8-7-9-14-25/h7-18,22H,5-6,19-21H2,1-4H3. The lowest BCUT2D eigenvalue weighted by Gasteiger charge is -2.30. The van der Waals surface area contributed by atoms with E-state index in [1.807, 2.05) is 54.6 Å². The Morgan fingerprint density at radius 2 is 1.50 bits per heavy atom. The fourth-order valence-electron chi connectivity index (χ4n) is 5.02. The summed E-state index contributed by atoms with van der Waals surface area (Å²) in [5.41, 5.74) is 4.62. The number of benzene rings is 3. The first-order chi connectivity index (χ1) is 18.4. The highest BCUT2D eigenvalue weighted by Crippen LogP contribution is 2.35. The maximum Gasteiger partial charge on any atom is 0.258 e. The number of rotatable bonds is 8. The molecule has 0 aromatic heterocycles. The van der Waals surface area contributed by atoms with Crippen LogP contribution in [0, 0.1) is 5.92 Å². The molecule has 1 atom stereocenters. The van der Waals surface area contributed by atoms with Crippen molar-refractivity contribution in [1.82, 2.24) is 0 Å². The van der Waals surface area contributed by atoms with Gasteiger partial charge in [0.15, 0.2) is 0 Å². The summed E-state index contributed by atoms with van der Waals surface area (Å²) in [7, 11) is 1.56. The van der Waals surface area contributed by atoms with E-state index in [0.29, 0.717) is 16.9 Å². The van der Waals surface area contributed by atoms with E-state index in [2.05, 4.69) is 13.8 Å². The van der Waals surface area contributed by atoms with Gasteiger partial charge in [0, 0.05) is 19.2 Å². The van der Waals surface area contributed by atoms with Crippen LogP contribution in [0.2, 0.25) is 0 Å². The van der Waals surface area contributed by atoms with E-state index in [0.717, 1.165) is 29.7 Å². The van der Waals surface area contributed by atoms with E-state index in [-0.39, 0.29) is 37.5 Å². The Kier molecular flexibility index (Phi) is 8.59. The zero-order chi connectivity index (χ0) is 27.2. The highest BCUT2D eigenvalue weighted by atomic mass is 16.5. The van der Waals surface area contributed by atoms with Gasteiger partial charge in [-0.3, -0.25) is 19.3 Å². The number of carbonyl (C=O) groups is 3. The summed E-state index contributed by atoms with van der Waals surface area (Å²) in [5, 5.41) is 0. The fraction of sp³-hybridized carbons (Fsp3) is 0.323. The number of anilines is 3. The highest BCUT2D eigenvalue weighted by molar-refractivity contribution is 6.13. The van der Waals surface area contributed by atoms with Crippen molar-refractivity contribution in [2.45, 2.75) is 33.6 Å². The number of amides is 3. The molecule has 1 unspecified atom stereocenters. The summed E-state index contributed by atoms with van der Waals surface area (Å²) >= 11 is 0. The first-order valence-electron chi connectivity index (χ1n) is 13.1. The summed E-state index contributed by atoms with van der Waals surface area (Å²) < 4.78 is 5.46. The van der Waals surface area contributed by atoms with Crippen molar-refractivity contribution in [1.29, 1.82) is 0 Å². The van der Waals surface area contributed by atoms with Crippen LogP contribution >= 0.6 is 0 Å². The number of para-hydroxylation sites is 3. The number of hydrogen-bond acceptors (Lipinski definition) is 4. The van der Waals surface area contributed by atoms with Crippen LogP contribution < -0.4 is 14.7 Å². The third kappa shape index (κ3) is 5.34. The maximum atomic E-state index is 13.9. The predicted octanol–water partition coefficient (Wildman–Crippen LogP) is 5.08. The minimum Gasteiger partial charge on any atom is -0.364 e. The normalized spacial score (nSPS) is 15.2. The number of ether oxygens (including phenoxy) is 1. The van der Waals surface area contributed by atoms with Crippen molar-refractivity contribution < 1.29 is 19.1 Å². The maximum absolute atomic E-state index is 13.9. The molecule has 3 aromatic rings. The third-order valence-corrected chi connectivity index (χ3v) is 6.96. The lowest BCUT2D eigenvalue weighted by atomic mass is 10.0. The van der Waals surface area contributed by atoms with Gasteiger partial charge in [0.25, 0.3) is 5.91 Å². The molecule has 0 aliphatic carbocycles. The van der Waals surface area contributed by atoms with Crippen molar-refractivity contribution >= 4 is 34.8 Å². The third-order valence-electron chi connectivity index (χ3n) is 6.96. The van der Waals surface area contributed by atoms with Gasteiger partial charge in [0.2, 0.25) is 11.8 Å². The lowest BCUT2D eigenvalue weighted by molar-refractivity contribution is -0.124. The fourth-order valence-corrected chi connectivity index (χ4v) is 5.02. The smallest absolute Gasteiger partial charge is 0.258 e.